The second-order valence-corrected chi connectivity index (χ2v) is 4.35. The average molecular weight is 228 g/mol. The zero-order valence-electron chi connectivity index (χ0n) is 9.18. The van der Waals surface area contributed by atoms with Crippen molar-refractivity contribution in [1.82, 2.24) is 9.97 Å². The maximum atomic E-state index is 10.8. The summed E-state index contributed by atoms with van der Waals surface area (Å²) in [5, 5.41) is 8.83. The van der Waals surface area contributed by atoms with E-state index in [-0.39, 0.29) is 5.69 Å². The number of nitrogens with zero attached hydrogens (tertiary/aromatic N) is 1. The molecule has 1 saturated carbocycles. The Balaban J connectivity index is 1.96. The molecule has 4 heteroatoms. The van der Waals surface area contributed by atoms with Crippen LogP contribution in [0, 0.1) is 0 Å². The Labute approximate surface area is 98.3 Å². The summed E-state index contributed by atoms with van der Waals surface area (Å²) in [7, 11) is 0. The van der Waals surface area contributed by atoms with Gasteiger partial charge in [0.2, 0.25) is 0 Å². The number of nitrogens with one attached hydrogen (secondary N) is 1. The van der Waals surface area contributed by atoms with Crippen molar-refractivity contribution in [3.05, 3.63) is 41.7 Å². The molecule has 0 radical (unpaired) electrons. The molecule has 0 spiro atoms. The zero-order chi connectivity index (χ0) is 11.8. The van der Waals surface area contributed by atoms with E-state index in [4.69, 9.17) is 5.11 Å². The molecule has 1 heterocycles. The van der Waals surface area contributed by atoms with Crippen molar-refractivity contribution in [3.8, 4) is 11.4 Å². The third-order valence-electron chi connectivity index (χ3n) is 3.02. The van der Waals surface area contributed by atoms with E-state index in [0.29, 0.717) is 11.7 Å². The molecule has 0 unspecified atom stereocenters. The van der Waals surface area contributed by atoms with Crippen LogP contribution >= 0.6 is 0 Å². The summed E-state index contributed by atoms with van der Waals surface area (Å²) >= 11 is 0. The van der Waals surface area contributed by atoms with Crippen LogP contribution in [0.25, 0.3) is 11.4 Å². The molecule has 17 heavy (non-hydrogen) atoms. The number of hydrogen-bond acceptors (Lipinski definition) is 2. The van der Waals surface area contributed by atoms with Crippen LogP contribution in [0.4, 0.5) is 0 Å². The molecule has 1 fully saturated rings. The quantitative estimate of drug-likeness (QED) is 0.848. The van der Waals surface area contributed by atoms with Gasteiger partial charge in [-0.2, -0.15) is 0 Å². The molecule has 2 aromatic rings. The van der Waals surface area contributed by atoms with E-state index in [1.54, 1.807) is 0 Å². The number of aromatic nitrogens is 2. The van der Waals surface area contributed by atoms with Gasteiger partial charge in [-0.15, -0.1) is 0 Å². The number of hydrogen-bond donors (Lipinski definition) is 2. The van der Waals surface area contributed by atoms with Gasteiger partial charge < -0.3 is 10.1 Å². The molecule has 1 aliphatic carbocycles. The van der Waals surface area contributed by atoms with E-state index >= 15 is 0 Å². The largest absolute Gasteiger partial charge is 0.477 e. The first-order valence-corrected chi connectivity index (χ1v) is 5.62. The summed E-state index contributed by atoms with van der Waals surface area (Å²) in [4.78, 5) is 17.7. The van der Waals surface area contributed by atoms with Gasteiger partial charge in [0.1, 0.15) is 11.5 Å². The normalized spacial score (nSPS) is 14.8. The molecule has 1 aromatic carbocycles. The molecule has 0 saturated heterocycles. The molecule has 1 aromatic heterocycles. The van der Waals surface area contributed by atoms with Crippen molar-refractivity contribution < 1.29 is 9.90 Å². The lowest BCUT2D eigenvalue weighted by Crippen LogP contribution is -1.95. The maximum absolute atomic E-state index is 10.8. The number of carboxylic acids is 1. The summed E-state index contributed by atoms with van der Waals surface area (Å²) in [5.74, 6) is 0.316. The number of carbonyl (C=O) groups is 1. The van der Waals surface area contributed by atoms with Crippen LogP contribution < -0.4 is 0 Å². The Hall–Kier alpha value is -2.10. The van der Waals surface area contributed by atoms with E-state index in [9.17, 15) is 4.79 Å². The highest BCUT2D eigenvalue weighted by Crippen LogP contribution is 2.40. The molecule has 0 bridgehead atoms. The highest BCUT2D eigenvalue weighted by atomic mass is 16.4. The van der Waals surface area contributed by atoms with Gasteiger partial charge >= 0.3 is 5.97 Å². The molecule has 1 aliphatic rings. The molecule has 0 amide bonds. The third-order valence-corrected chi connectivity index (χ3v) is 3.02. The fraction of sp³-hybridized carbons (Fsp3) is 0.231. The van der Waals surface area contributed by atoms with Crippen molar-refractivity contribution in [3.63, 3.8) is 0 Å². The van der Waals surface area contributed by atoms with Gasteiger partial charge in [-0.3, -0.25) is 0 Å². The summed E-state index contributed by atoms with van der Waals surface area (Å²) < 4.78 is 0. The first kappa shape index (κ1) is 10.1. The number of rotatable bonds is 3. The minimum absolute atomic E-state index is 0.122. The van der Waals surface area contributed by atoms with Crippen molar-refractivity contribution >= 4 is 5.97 Å². The first-order chi connectivity index (χ1) is 8.24. The molecule has 2 N–H and O–H groups in total. The lowest BCUT2D eigenvalue weighted by molar-refractivity contribution is 0.0691. The predicted molar refractivity (Wildman–Crippen MR) is 63.0 cm³/mol. The van der Waals surface area contributed by atoms with Gasteiger partial charge in [-0.1, -0.05) is 18.2 Å². The van der Waals surface area contributed by atoms with Gasteiger partial charge in [0.25, 0.3) is 0 Å². The number of carboxylic acid groups (broad SMARTS) is 1. The van der Waals surface area contributed by atoms with E-state index < -0.39 is 5.97 Å². The topological polar surface area (TPSA) is 66.0 Å². The van der Waals surface area contributed by atoms with Crippen LogP contribution in [0.3, 0.4) is 0 Å². The van der Waals surface area contributed by atoms with Crippen LogP contribution in [0.1, 0.15) is 34.8 Å². The summed E-state index contributed by atoms with van der Waals surface area (Å²) in [6.07, 6.45) is 3.85. The van der Waals surface area contributed by atoms with E-state index in [2.05, 4.69) is 22.1 Å². The second-order valence-electron chi connectivity index (χ2n) is 4.35. The van der Waals surface area contributed by atoms with E-state index in [1.807, 2.05) is 12.1 Å². The number of H-pyrrole nitrogens is 1. The highest BCUT2D eigenvalue weighted by molar-refractivity contribution is 5.85. The fourth-order valence-corrected chi connectivity index (χ4v) is 1.93. The molecule has 86 valence electrons. The van der Waals surface area contributed by atoms with Crippen LogP contribution in [-0.2, 0) is 0 Å². The number of aromatic amines is 1. The number of imidazole rings is 1. The minimum atomic E-state index is -0.984. The standard InChI is InChI=1S/C13H12N2O2/c16-13(17)11-7-14-12(15-11)10-3-1-2-9(6-10)8-4-5-8/h1-3,6-8H,4-5H2,(H,14,15)(H,16,17). The summed E-state index contributed by atoms with van der Waals surface area (Å²) in [6.45, 7) is 0. The van der Waals surface area contributed by atoms with Crippen LogP contribution in [-0.4, -0.2) is 21.0 Å². The lowest BCUT2D eigenvalue weighted by atomic mass is 10.1. The van der Waals surface area contributed by atoms with Gasteiger partial charge in [-0.25, -0.2) is 9.78 Å². The maximum Gasteiger partial charge on any atom is 0.353 e. The smallest absolute Gasteiger partial charge is 0.353 e. The second kappa shape index (κ2) is 3.73. The monoisotopic (exact) mass is 228 g/mol. The van der Waals surface area contributed by atoms with E-state index in [1.165, 1.54) is 24.6 Å². The first-order valence-electron chi connectivity index (χ1n) is 5.62. The molecular formula is C13H12N2O2. The van der Waals surface area contributed by atoms with Crippen molar-refractivity contribution in [2.45, 2.75) is 18.8 Å². The zero-order valence-corrected chi connectivity index (χ0v) is 9.18. The van der Waals surface area contributed by atoms with Gasteiger partial charge in [0.15, 0.2) is 0 Å². The Morgan fingerprint density at radius 1 is 1.41 bits per heavy atom. The molecule has 4 nitrogen and oxygen atoms in total. The van der Waals surface area contributed by atoms with Crippen LogP contribution in [0.2, 0.25) is 0 Å². The fourth-order valence-electron chi connectivity index (χ4n) is 1.93. The van der Waals surface area contributed by atoms with Crippen molar-refractivity contribution in [1.29, 1.82) is 0 Å². The summed E-state index contributed by atoms with van der Waals surface area (Å²) in [6, 6.07) is 8.13. The van der Waals surface area contributed by atoms with Crippen molar-refractivity contribution in [2.24, 2.45) is 0 Å². The van der Waals surface area contributed by atoms with E-state index in [0.717, 1.165) is 5.56 Å². The highest BCUT2D eigenvalue weighted by Gasteiger charge is 2.23. The predicted octanol–water partition coefficient (Wildman–Crippen LogP) is 2.65. The van der Waals surface area contributed by atoms with Crippen LogP contribution in [0.5, 0.6) is 0 Å². The average Bonchev–Trinajstić information content (AvgIpc) is 3.06. The summed E-state index contributed by atoms with van der Waals surface area (Å²) in [5.41, 5.74) is 2.38. The molecule has 3 rings (SSSR count). The third kappa shape index (κ3) is 1.93. The molecule has 0 aliphatic heterocycles. The van der Waals surface area contributed by atoms with Gasteiger partial charge in [0, 0.05) is 5.56 Å². The SMILES string of the molecule is O=C(O)c1cnc(-c2cccc(C3CC3)c2)[nH]1. The van der Waals surface area contributed by atoms with Gasteiger partial charge in [0.05, 0.1) is 6.20 Å². The van der Waals surface area contributed by atoms with Crippen molar-refractivity contribution in [2.75, 3.05) is 0 Å². The molecular weight excluding hydrogens is 216 g/mol. The number of aromatic carboxylic acids is 1. The molecule has 0 atom stereocenters. The van der Waals surface area contributed by atoms with Gasteiger partial charge in [-0.05, 0) is 30.4 Å². The number of benzene rings is 1. The van der Waals surface area contributed by atoms with Crippen LogP contribution in [0.15, 0.2) is 30.5 Å². The lowest BCUT2D eigenvalue weighted by Gasteiger charge is -2.01. The Kier molecular flexibility index (Phi) is 2.21. The Morgan fingerprint density at radius 3 is 2.88 bits per heavy atom. The Bertz CT molecular complexity index is 570. The minimum Gasteiger partial charge on any atom is -0.477 e. The Morgan fingerprint density at radius 2 is 2.24 bits per heavy atom.